The highest BCUT2D eigenvalue weighted by atomic mass is 32.2. The van der Waals surface area contributed by atoms with E-state index in [1.165, 1.54) is 0 Å². The number of aryl methyl sites for hydroxylation is 1. The van der Waals surface area contributed by atoms with Crippen molar-refractivity contribution >= 4 is 33.2 Å². The molecular weight excluding hydrogens is 498 g/mol. The molecule has 8 heteroatoms. The first-order valence-corrected chi connectivity index (χ1v) is 15.3. The Balaban J connectivity index is 1.56. The zero-order valence-corrected chi connectivity index (χ0v) is 24.0. The Morgan fingerprint density at radius 3 is 2.18 bits per heavy atom. The van der Waals surface area contributed by atoms with Crippen molar-refractivity contribution in [2.45, 2.75) is 71.5 Å². The molecule has 0 bridgehead atoms. The zero-order chi connectivity index (χ0) is 27.6. The van der Waals surface area contributed by atoms with Crippen LogP contribution in [0.3, 0.4) is 0 Å². The van der Waals surface area contributed by atoms with Crippen molar-refractivity contribution in [2.24, 2.45) is 17.8 Å². The molecule has 206 valence electrons. The molecule has 0 heterocycles. The van der Waals surface area contributed by atoms with Crippen molar-refractivity contribution in [3.8, 4) is 0 Å². The quantitative estimate of drug-likeness (QED) is 0.396. The second-order valence-electron chi connectivity index (χ2n) is 11.8. The largest absolute Gasteiger partial charge is 0.369 e. The van der Waals surface area contributed by atoms with Gasteiger partial charge in [0.1, 0.15) is 0 Å². The number of anilines is 2. The molecule has 0 aliphatic heterocycles. The summed E-state index contributed by atoms with van der Waals surface area (Å²) in [5.41, 5.74) is 4.74. The summed E-state index contributed by atoms with van der Waals surface area (Å²) >= 11 is 0. The maximum Gasteiger partial charge on any atom is 0.237 e. The summed E-state index contributed by atoms with van der Waals surface area (Å²) < 4.78 is 26.8. The van der Waals surface area contributed by atoms with Gasteiger partial charge in [0.15, 0.2) is 0 Å². The SMILES string of the molecule is Cc1ccc(CC(=O)Nc2cc([C@@H]3C[C@@H]3C(=O)NS(=O)(=O)C3CC3)ccc2N(CC(C)C)CC(C)C)cc1. The topological polar surface area (TPSA) is 95.6 Å². The molecule has 0 radical (unpaired) electrons. The van der Waals surface area contributed by atoms with Crippen LogP contribution in [0, 0.1) is 24.7 Å². The van der Waals surface area contributed by atoms with Gasteiger partial charge in [-0.25, -0.2) is 8.42 Å². The van der Waals surface area contributed by atoms with Crippen molar-refractivity contribution in [3.63, 3.8) is 0 Å². The predicted octanol–water partition coefficient (Wildman–Crippen LogP) is 5.01. The summed E-state index contributed by atoms with van der Waals surface area (Å²) in [6.07, 6.45) is 2.11. The fourth-order valence-electron chi connectivity index (χ4n) is 4.93. The molecule has 38 heavy (non-hydrogen) atoms. The molecule has 2 N–H and O–H groups in total. The van der Waals surface area contributed by atoms with Crippen LogP contribution in [0.5, 0.6) is 0 Å². The normalized spacial score (nSPS) is 18.9. The fraction of sp³-hybridized carbons (Fsp3) is 0.533. The van der Waals surface area contributed by atoms with E-state index in [-0.39, 0.29) is 24.2 Å². The Hall–Kier alpha value is -2.87. The van der Waals surface area contributed by atoms with E-state index in [4.69, 9.17) is 0 Å². The molecule has 0 unspecified atom stereocenters. The van der Waals surface area contributed by atoms with Crippen molar-refractivity contribution in [1.29, 1.82) is 0 Å². The first-order valence-electron chi connectivity index (χ1n) is 13.7. The fourth-order valence-corrected chi connectivity index (χ4v) is 6.28. The number of nitrogens with one attached hydrogen (secondary N) is 2. The van der Waals surface area contributed by atoms with Gasteiger partial charge in [-0.2, -0.15) is 0 Å². The average Bonchev–Trinajstić information content (AvgIpc) is 3.72. The molecular formula is C30H41N3O4S. The van der Waals surface area contributed by atoms with Gasteiger partial charge in [0.05, 0.1) is 23.0 Å². The van der Waals surface area contributed by atoms with Crippen molar-refractivity contribution in [3.05, 3.63) is 59.2 Å². The Labute approximate surface area is 227 Å². The molecule has 2 aliphatic rings. The highest BCUT2D eigenvalue weighted by Crippen LogP contribution is 2.49. The number of carbonyl (C=O) groups excluding carboxylic acids is 2. The smallest absolute Gasteiger partial charge is 0.237 e. The maximum absolute atomic E-state index is 13.1. The van der Waals surface area contributed by atoms with Crippen LogP contribution in [0.2, 0.25) is 0 Å². The molecule has 0 aromatic heterocycles. The Morgan fingerprint density at radius 2 is 1.61 bits per heavy atom. The monoisotopic (exact) mass is 539 g/mol. The van der Waals surface area contributed by atoms with E-state index >= 15 is 0 Å². The van der Waals surface area contributed by atoms with Crippen molar-refractivity contribution in [1.82, 2.24) is 4.72 Å². The molecule has 2 fully saturated rings. The van der Waals surface area contributed by atoms with Crippen molar-refractivity contribution in [2.75, 3.05) is 23.3 Å². The van der Waals surface area contributed by atoms with Gasteiger partial charge in [0.2, 0.25) is 21.8 Å². The van der Waals surface area contributed by atoms with E-state index in [0.29, 0.717) is 31.1 Å². The number of amides is 2. The minimum atomic E-state index is -3.56. The number of hydrogen-bond donors (Lipinski definition) is 2. The van der Waals surface area contributed by atoms with Crippen LogP contribution in [0.1, 0.15) is 69.6 Å². The summed E-state index contributed by atoms with van der Waals surface area (Å²) in [5, 5.41) is 2.73. The van der Waals surface area contributed by atoms with Gasteiger partial charge in [-0.3, -0.25) is 14.3 Å². The van der Waals surface area contributed by atoms with Gasteiger partial charge in [0, 0.05) is 19.0 Å². The van der Waals surface area contributed by atoms with Crippen LogP contribution in [0.15, 0.2) is 42.5 Å². The Kier molecular flexibility index (Phi) is 8.50. The maximum atomic E-state index is 13.1. The minimum absolute atomic E-state index is 0.0603. The molecule has 0 saturated heterocycles. The third kappa shape index (κ3) is 7.37. The third-order valence-corrected chi connectivity index (χ3v) is 8.89. The van der Waals surface area contributed by atoms with Crippen molar-refractivity contribution < 1.29 is 18.0 Å². The van der Waals surface area contributed by atoms with E-state index < -0.39 is 21.2 Å². The summed E-state index contributed by atoms with van der Waals surface area (Å²) in [6.45, 7) is 12.5. The summed E-state index contributed by atoms with van der Waals surface area (Å²) in [6, 6.07) is 14.0. The molecule has 0 spiro atoms. The summed E-state index contributed by atoms with van der Waals surface area (Å²) in [7, 11) is -3.56. The Bertz CT molecular complexity index is 1260. The van der Waals surface area contributed by atoms with Gasteiger partial charge < -0.3 is 10.2 Å². The summed E-state index contributed by atoms with van der Waals surface area (Å²) in [5.74, 6) is -0.0641. The molecule has 4 rings (SSSR count). The van der Waals surface area contributed by atoms with Crippen LogP contribution in [-0.4, -0.2) is 38.6 Å². The second-order valence-corrected chi connectivity index (χ2v) is 13.8. The molecule has 2 amide bonds. The highest BCUT2D eigenvalue weighted by molar-refractivity contribution is 7.90. The van der Waals surface area contributed by atoms with Gasteiger partial charge in [-0.1, -0.05) is 63.6 Å². The van der Waals surface area contributed by atoms with E-state index in [1.807, 2.05) is 49.4 Å². The lowest BCUT2D eigenvalue weighted by Gasteiger charge is -2.31. The van der Waals surface area contributed by atoms with Crippen LogP contribution in [-0.2, 0) is 26.0 Å². The van der Waals surface area contributed by atoms with E-state index in [9.17, 15) is 18.0 Å². The predicted molar refractivity (Wildman–Crippen MR) is 153 cm³/mol. The van der Waals surface area contributed by atoms with E-state index in [2.05, 4.69) is 42.6 Å². The molecule has 7 nitrogen and oxygen atoms in total. The van der Waals surface area contributed by atoms with Crippen LogP contribution in [0.25, 0.3) is 0 Å². The van der Waals surface area contributed by atoms with Crippen LogP contribution in [0.4, 0.5) is 11.4 Å². The number of carbonyl (C=O) groups is 2. The van der Waals surface area contributed by atoms with Gasteiger partial charge in [0.25, 0.3) is 0 Å². The number of benzene rings is 2. The van der Waals surface area contributed by atoms with Gasteiger partial charge in [-0.15, -0.1) is 0 Å². The highest BCUT2D eigenvalue weighted by Gasteiger charge is 2.47. The zero-order valence-electron chi connectivity index (χ0n) is 23.2. The second kappa shape index (κ2) is 11.5. The summed E-state index contributed by atoms with van der Waals surface area (Å²) in [4.78, 5) is 28.1. The average molecular weight is 540 g/mol. The lowest BCUT2D eigenvalue weighted by molar-refractivity contribution is -0.120. The minimum Gasteiger partial charge on any atom is -0.369 e. The van der Waals surface area contributed by atoms with E-state index in [1.54, 1.807) is 0 Å². The van der Waals surface area contributed by atoms with Gasteiger partial charge in [-0.05, 0) is 67.2 Å². The molecule has 2 saturated carbocycles. The molecule has 2 aromatic carbocycles. The first kappa shape index (κ1) is 28.1. The standard InChI is InChI=1S/C30H41N3O4S/c1-19(2)17-33(18-20(3)4)28-13-10-23(25-16-26(25)30(35)32-38(36,37)24-11-12-24)15-27(28)31-29(34)14-22-8-6-21(5)7-9-22/h6-10,13,15,19-20,24-26H,11-12,14,16-18H2,1-5H3,(H,31,34)(H,32,35)/t25-,26-/m0/s1. The van der Waals surface area contributed by atoms with Crippen LogP contribution >= 0.6 is 0 Å². The van der Waals surface area contributed by atoms with Gasteiger partial charge >= 0.3 is 0 Å². The number of rotatable bonds is 12. The van der Waals surface area contributed by atoms with E-state index in [0.717, 1.165) is 41.2 Å². The van der Waals surface area contributed by atoms with Crippen LogP contribution < -0.4 is 14.9 Å². The lowest BCUT2D eigenvalue weighted by atomic mass is 10.0. The third-order valence-electron chi connectivity index (χ3n) is 7.05. The molecule has 2 aliphatic carbocycles. The first-order chi connectivity index (χ1) is 17.9. The number of nitrogens with zero attached hydrogens (tertiary/aromatic N) is 1. The molecule has 2 atom stereocenters. The lowest BCUT2D eigenvalue weighted by Crippen LogP contribution is -2.34. The Morgan fingerprint density at radius 1 is 0.974 bits per heavy atom. The number of hydrogen-bond acceptors (Lipinski definition) is 5. The number of sulfonamides is 1. The molecule has 2 aromatic rings.